The molecule has 2 N–H and O–H groups in total. The van der Waals surface area contributed by atoms with E-state index in [1.54, 1.807) is 0 Å². The van der Waals surface area contributed by atoms with Crippen molar-refractivity contribution in [3.63, 3.8) is 0 Å². The van der Waals surface area contributed by atoms with E-state index in [0.29, 0.717) is 30.5 Å². The second kappa shape index (κ2) is 6.57. The van der Waals surface area contributed by atoms with E-state index in [0.717, 1.165) is 25.1 Å². The number of aromatic nitrogens is 2. The lowest BCUT2D eigenvalue weighted by Gasteiger charge is -2.45. The largest absolute Gasteiger partial charge is 0.478 e. The molecule has 5 heteroatoms. The van der Waals surface area contributed by atoms with Gasteiger partial charge in [-0.2, -0.15) is 0 Å². The summed E-state index contributed by atoms with van der Waals surface area (Å²) in [5.74, 6) is 1.24. The van der Waals surface area contributed by atoms with Crippen molar-refractivity contribution in [2.45, 2.75) is 37.8 Å². The molecule has 1 saturated heterocycles. The molecule has 1 fully saturated rings. The number of rotatable bonds is 4. The number of aromatic amines is 1. The fourth-order valence-corrected chi connectivity index (χ4v) is 4.98. The van der Waals surface area contributed by atoms with Crippen LogP contribution in [0.3, 0.4) is 0 Å². The molecule has 3 heterocycles. The Labute approximate surface area is 159 Å². The van der Waals surface area contributed by atoms with Gasteiger partial charge in [0.1, 0.15) is 0 Å². The van der Waals surface area contributed by atoms with E-state index in [1.807, 2.05) is 19.2 Å². The number of hydrogen-bond donors (Lipinski definition) is 2. The fourth-order valence-electron chi connectivity index (χ4n) is 4.98. The van der Waals surface area contributed by atoms with Crippen molar-refractivity contribution in [2.24, 2.45) is 0 Å². The highest BCUT2D eigenvalue weighted by Gasteiger charge is 2.39. The van der Waals surface area contributed by atoms with Gasteiger partial charge in [0.25, 0.3) is 0 Å². The lowest BCUT2D eigenvalue weighted by molar-refractivity contribution is 0.147. The van der Waals surface area contributed by atoms with Crippen molar-refractivity contribution in [1.29, 1.82) is 0 Å². The Kier molecular flexibility index (Phi) is 4.05. The fraction of sp³-hybridized carbons (Fsp3) is 0.409. The van der Waals surface area contributed by atoms with Gasteiger partial charge in [-0.25, -0.2) is 4.98 Å². The van der Waals surface area contributed by atoms with Gasteiger partial charge < -0.3 is 19.9 Å². The summed E-state index contributed by atoms with van der Waals surface area (Å²) in [6.07, 6.45) is 6.36. The van der Waals surface area contributed by atoms with Gasteiger partial charge in [-0.15, -0.1) is 0 Å². The number of likely N-dealkylation sites (tertiary alicyclic amines) is 1. The molecule has 0 bridgehead atoms. The Morgan fingerprint density at radius 2 is 2.22 bits per heavy atom. The molecule has 27 heavy (non-hydrogen) atoms. The van der Waals surface area contributed by atoms with Gasteiger partial charge in [0.2, 0.25) is 5.88 Å². The van der Waals surface area contributed by atoms with E-state index < -0.39 is 0 Å². The molecule has 2 aromatic heterocycles. The average Bonchev–Trinajstić information content (AvgIpc) is 3.09. The summed E-state index contributed by atoms with van der Waals surface area (Å²) in [6, 6.07) is 11.7. The van der Waals surface area contributed by atoms with Crippen molar-refractivity contribution in [3.05, 3.63) is 53.9 Å². The maximum absolute atomic E-state index is 5.45. The summed E-state index contributed by atoms with van der Waals surface area (Å²) in [6.45, 7) is 3.66. The first-order chi connectivity index (χ1) is 13.2. The summed E-state index contributed by atoms with van der Waals surface area (Å²) in [7, 11) is 2.26. The van der Waals surface area contributed by atoms with Crippen LogP contribution in [0.4, 0.5) is 5.69 Å². The third-order valence-corrected chi connectivity index (χ3v) is 6.13. The first-order valence-corrected chi connectivity index (χ1v) is 9.87. The van der Waals surface area contributed by atoms with E-state index >= 15 is 0 Å². The number of hydrogen-bond acceptors (Lipinski definition) is 4. The smallest absolute Gasteiger partial charge is 0.213 e. The van der Waals surface area contributed by atoms with Crippen molar-refractivity contribution in [3.8, 4) is 5.88 Å². The molecule has 5 nitrogen and oxygen atoms in total. The number of benzene rings is 1. The number of nitrogens with zero attached hydrogens (tertiary/aromatic N) is 2. The summed E-state index contributed by atoms with van der Waals surface area (Å²) in [5.41, 5.74) is 5.31. The van der Waals surface area contributed by atoms with E-state index in [4.69, 9.17) is 4.74 Å². The molecular weight excluding hydrogens is 336 g/mol. The standard InChI is InChI=1S/C22H26N4O/c1-3-27-21-8-7-15(12-24-21)25-16-10-18-17-5-4-6-19-22(17)14(11-23-19)9-20(18)26(2)13-16/h4-8,11-12,16,18,20,23,25H,3,9-10,13H2,1-2H3/t16?,18-,20-/m1/s1. The Hall–Kier alpha value is -2.53. The van der Waals surface area contributed by atoms with Crippen molar-refractivity contribution >= 4 is 16.6 Å². The van der Waals surface area contributed by atoms with E-state index in [2.05, 4.69) is 57.7 Å². The van der Waals surface area contributed by atoms with Crippen LogP contribution >= 0.6 is 0 Å². The van der Waals surface area contributed by atoms with Gasteiger partial charge in [0.05, 0.1) is 18.5 Å². The molecule has 1 aromatic carbocycles. The minimum atomic E-state index is 0.409. The lowest BCUT2D eigenvalue weighted by atomic mass is 9.74. The zero-order valence-electron chi connectivity index (χ0n) is 15.9. The molecular formula is C22H26N4O. The van der Waals surface area contributed by atoms with Crippen molar-refractivity contribution in [2.75, 3.05) is 25.5 Å². The van der Waals surface area contributed by atoms with Gasteiger partial charge >= 0.3 is 0 Å². The third-order valence-electron chi connectivity index (χ3n) is 6.13. The molecule has 1 unspecified atom stereocenters. The average molecular weight is 362 g/mol. The van der Waals surface area contributed by atoms with Gasteiger partial charge in [-0.1, -0.05) is 12.1 Å². The number of fused-ring (bicyclic) bond motifs is 2. The van der Waals surface area contributed by atoms with Crippen LogP contribution in [0.15, 0.2) is 42.7 Å². The van der Waals surface area contributed by atoms with E-state index in [1.165, 1.54) is 22.0 Å². The molecule has 1 aliphatic carbocycles. The number of pyridine rings is 1. The van der Waals surface area contributed by atoms with Crippen LogP contribution < -0.4 is 10.1 Å². The quantitative estimate of drug-likeness (QED) is 0.741. The van der Waals surface area contributed by atoms with Gasteiger partial charge in [0.15, 0.2) is 0 Å². The number of anilines is 1. The predicted molar refractivity (Wildman–Crippen MR) is 109 cm³/mol. The van der Waals surface area contributed by atoms with Gasteiger partial charge in [-0.3, -0.25) is 0 Å². The van der Waals surface area contributed by atoms with Gasteiger partial charge in [0, 0.05) is 47.7 Å². The van der Waals surface area contributed by atoms with Crippen LogP contribution in [0, 0.1) is 0 Å². The monoisotopic (exact) mass is 362 g/mol. The molecule has 5 rings (SSSR count). The first-order valence-electron chi connectivity index (χ1n) is 9.87. The second-order valence-corrected chi connectivity index (χ2v) is 7.80. The minimum Gasteiger partial charge on any atom is -0.478 e. The molecule has 0 radical (unpaired) electrons. The van der Waals surface area contributed by atoms with E-state index in [9.17, 15) is 0 Å². The van der Waals surface area contributed by atoms with Crippen LogP contribution in [0.1, 0.15) is 30.4 Å². The molecule has 0 saturated carbocycles. The normalized spacial score (nSPS) is 24.6. The predicted octanol–water partition coefficient (Wildman–Crippen LogP) is 3.79. The minimum absolute atomic E-state index is 0.409. The summed E-state index contributed by atoms with van der Waals surface area (Å²) >= 11 is 0. The van der Waals surface area contributed by atoms with Gasteiger partial charge in [-0.05, 0) is 50.1 Å². The van der Waals surface area contributed by atoms with Crippen molar-refractivity contribution in [1.82, 2.24) is 14.9 Å². The third kappa shape index (κ3) is 2.86. The van der Waals surface area contributed by atoms with Crippen LogP contribution in [0.5, 0.6) is 5.88 Å². The Morgan fingerprint density at radius 1 is 1.30 bits per heavy atom. The summed E-state index contributed by atoms with van der Waals surface area (Å²) < 4.78 is 5.45. The highest BCUT2D eigenvalue weighted by atomic mass is 16.5. The number of H-pyrrole nitrogens is 1. The maximum atomic E-state index is 5.45. The first kappa shape index (κ1) is 16.6. The maximum Gasteiger partial charge on any atom is 0.213 e. The summed E-state index contributed by atoms with van der Waals surface area (Å²) in [4.78, 5) is 10.4. The lowest BCUT2D eigenvalue weighted by Crippen LogP contribution is -2.51. The van der Waals surface area contributed by atoms with E-state index in [-0.39, 0.29) is 0 Å². The molecule has 1 aliphatic heterocycles. The van der Waals surface area contributed by atoms with Crippen LogP contribution in [0.25, 0.3) is 10.9 Å². The summed E-state index contributed by atoms with van der Waals surface area (Å²) in [5, 5.41) is 5.15. The number of nitrogens with one attached hydrogen (secondary N) is 2. The number of likely N-dealkylation sites (N-methyl/N-ethyl adjacent to an activating group) is 1. The SMILES string of the molecule is CCOc1ccc(NC2C[C@@H]3c4cccc5[nH]cc(c45)C[C@H]3N(C)C2)cn1. The Bertz CT molecular complexity index is 949. The Morgan fingerprint density at radius 3 is 3.04 bits per heavy atom. The van der Waals surface area contributed by atoms with Crippen molar-refractivity contribution < 1.29 is 4.74 Å². The van der Waals surface area contributed by atoms with Crippen LogP contribution in [-0.2, 0) is 6.42 Å². The molecule has 0 amide bonds. The van der Waals surface area contributed by atoms with Crippen LogP contribution in [-0.4, -0.2) is 47.2 Å². The Balaban J connectivity index is 1.39. The van der Waals surface area contributed by atoms with Crippen LogP contribution in [0.2, 0.25) is 0 Å². The highest BCUT2D eigenvalue weighted by molar-refractivity contribution is 5.88. The molecule has 0 spiro atoms. The topological polar surface area (TPSA) is 53.2 Å². The molecule has 140 valence electrons. The number of ether oxygens (including phenoxy) is 1. The zero-order chi connectivity index (χ0) is 18.4. The zero-order valence-corrected chi connectivity index (χ0v) is 15.9. The molecule has 3 atom stereocenters. The second-order valence-electron chi connectivity index (χ2n) is 7.80. The molecule has 3 aromatic rings. The number of piperidine rings is 1. The molecule has 2 aliphatic rings. The highest BCUT2D eigenvalue weighted by Crippen LogP contribution is 2.43.